The van der Waals surface area contributed by atoms with Gasteiger partial charge in [-0.15, -0.1) is 0 Å². The fourth-order valence-corrected chi connectivity index (χ4v) is 2.19. The maximum atomic E-state index is 13.1. The maximum absolute atomic E-state index is 13.1. The minimum absolute atomic E-state index is 0.0235. The SMILES string of the molecule is O=C(O)/C=C/c1ccc(Oc2ccc(F)c(Cl)c2)c(Br)c1. The highest BCUT2D eigenvalue weighted by molar-refractivity contribution is 9.10. The normalized spacial score (nSPS) is 10.8. The van der Waals surface area contributed by atoms with Gasteiger partial charge in [-0.2, -0.15) is 0 Å². The summed E-state index contributed by atoms with van der Waals surface area (Å²) >= 11 is 9.02. The van der Waals surface area contributed by atoms with Crippen LogP contribution in [0.5, 0.6) is 11.5 Å². The van der Waals surface area contributed by atoms with Crippen molar-refractivity contribution in [2.45, 2.75) is 0 Å². The molecule has 0 spiro atoms. The molecule has 2 aromatic rings. The maximum Gasteiger partial charge on any atom is 0.328 e. The van der Waals surface area contributed by atoms with Gasteiger partial charge in [-0.3, -0.25) is 0 Å². The van der Waals surface area contributed by atoms with E-state index < -0.39 is 11.8 Å². The second-order valence-corrected chi connectivity index (χ2v) is 5.30. The number of carbonyl (C=O) groups is 1. The molecule has 3 nitrogen and oxygen atoms in total. The first kappa shape index (κ1) is 15.5. The number of hydrogen-bond donors (Lipinski definition) is 1. The number of rotatable bonds is 4. The van der Waals surface area contributed by atoms with Crippen molar-refractivity contribution < 1.29 is 19.0 Å². The molecule has 0 saturated heterocycles. The molecule has 0 aliphatic heterocycles. The van der Waals surface area contributed by atoms with Crippen LogP contribution in [0.15, 0.2) is 46.9 Å². The Hall–Kier alpha value is -1.85. The number of carboxylic acid groups (broad SMARTS) is 1. The van der Waals surface area contributed by atoms with Crippen molar-refractivity contribution in [1.82, 2.24) is 0 Å². The molecule has 0 unspecified atom stereocenters. The van der Waals surface area contributed by atoms with Crippen molar-refractivity contribution in [2.24, 2.45) is 0 Å². The first-order chi connectivity index (χ1) is 9.95. The fourth-order valence-electron chi connectivity index (χ4n) is 1.54. The van der Waals surface area contributed by atoms with Crippen molar-refractivity contribution >= 4 is 39.6 Å². The minimum Gasteiger partial charge on any atom is -0.478 e. The van der Waals surface area contributed by atoms with E-state index in [0.717, 1.165) is 6.08 Å². The van der Waals surface area contributed by atoms with Gasteiger partial charge in [0.1, 0.15) is 17.3 Å². The molecule has 0 atom stereocenters. The van der Waals surface area contributed by atoms with Gasteiger partial charge >= 0.3 is 5.97 Å². The van der Waals surface area contributed by atoms with Crippen LogP contribution in [0.3, 0.4) is 0 Å². The lowest BCUT2D eigenvalue weighted by atomic mass is 10.2. The highest BCUT2D eigenvalue weighted by atomic mass is 79.9. The second kappa shape index (κ2) is 6.74. The summed E-state index contributed by atoms with van der Waals surface area (Å²) in [4.78, 5) is 10.5. The lowest BCUT2D eigenvalue weighted by Crippen LogP contribution is -1.88. The first-order valence-corrected chi connectivity index (χ1v) is 6.96. The van der Waals surface area contributed by atoms with E-state index in [2.05, 4.69) is 15.9 Å². The van der Waals surface area contributed by atoms with Gasteiger partial charge in [0, 0.05) is 12.1 Å². The highest BCUT2D eigenvalue weighted by Crippen LogP contribution is 2.32. The van der Waals surface area contributed by atoms with Crippen molar-refractivity contribution in [3.05, 3.63) is 63.4 Å². The molecular weight excluding hydrogens is 363 g/mol. The van der Waals surface area contributed by atoms with Crippen LogP contribution in [-0.2, 0) is 4.79 Å². The Balaban J connectivity index is 2.21. The van der Waals surface area contributed by atoms with E-state index >= 15 is 0 Å². The van der Waals surface area contributed by atoms with Gasteiger partial charge in [-0.1, -0.05) is 17.7 Å². The summed E-state index contributed by atoms with van der Waals surface area (Å²) in [6, 6.07) is 9.14. The number of benzene rings is 2. The average molecular weight is 372 g/mol. The summed E-state index contributed by atoms with van der Waals surface area (Å²) in [7, 11) is 0. The Morgan fingerprint density at radius 3 is 2.67 bits per heavy atom. The van der Waals surface area contributed by atoms with Crippen LogP contribution in [0.4, 0.5) is 4.39 Å². The van der Waals surface area contributed by atoms with Crippen LogP contribution >= 0.6 is 27.5 Å². The molecule has 0 bridgehead atoms. The van der Waals surface area contributed by atoms with Gasteiger partial charge in [0.2, 0.25) is 0 Å². The summed E-state index contributed by atoms with van der Waals surface area (Å²) in [6.45, 7) is 0. The Morgan fingerprint density at radius 1 is 1.29 bits per heavy atom. The molecule has 21 heavy (non-hydrogen) atoms. The molecular formula is C15H9BrClFO3. The third-order valence-corrected chi connectivity index (χ3v) is 3.40. The van der Waals surface area contributed by atoms with Crippen LogP contribution < -0.4 is 4.74 Å². The quantitative estimate of drug-likeness (QED) is 0.758. The molecule has 0 aliphatic carbocycles. The van der Waals surface area contributed by atoms with Gasteiger partial charge in [0.05, 0.1) is 9.50 Å². The molecule has 0 aromatic heterocycles. The lowest BCUT2D eigenvalue weighted by Gasteiger charge is -2.09. The van der Waals surface area contributed by atoms with Crippen LogP contribution in [0, 0.1) is 5.82 Å². The van der Waals surface area contributed by atoms with Crippen LogP contribution in [0.1, 0.15) is 5.56 Å². The number of ether oxygens (including phenoxy) is 1. The van der Waals surface area contributed by atoms with E-state index in [0.29, 0.717) is 21.5 Å². The second-order valence-electron chi connectivity index (χ2n) is 4.04. The fraction of sp³-hybridized carbons (Fsp3) is 0. The monoisotopic (exact) mass is 370 g/mol. The summed E-state index contributed by atoms with van der Waals surface area (Å²) in [6.07, 6.45) is 2.51. The molecule has 1 N–H and O–H groups in total. The molecule has 0 radical (unpaired) electrons. The minimum atomic E-state index is -1.02. The molecule has 0 fully saturated rings. The summed E-state index contributed by atoms with van der Waals surface area (Å²) in [5.41, 5.74) is 0.703. The molecule has 2 rings (SSSR count). The first-order valence-electron chi connectivity index (χ1n) is 5.79. The molecule has 0 saturated carbocycles. The standard InChI is InChI=1S/C15H9BrClFO3/c16-11-7-9(2-6-15(19)20)1-5-14(11)21-10-3-4-13(18)12(17)8-10/h1-8H,(H,19,20)/b6-2+. The van der Waals surface area contributed by atoms with Gasteiger partial charge < -0.3 is 9.84 Å². The predicted octanol–water partition coefficient (Wildman–Crippen LogP) is 5.13. The van der Waals surface area contributed by atoms with Crippen LogP contribution in [0.25, 0.3) is 6.08 Å². The zero-order chi connectivity index (χ0) is 15.4. The Morgan fingerprint density at radius 2 is 2.05 bits per heavy atom. The molecule has 6 heteroatoms. The molecule has 0 aliphatic rings. The number of carboxylic acids is 1. The largest absolute Gasteiger partial charge is 0.478 e. The van der Waals surface area contributed by atoms with Gasteiger partial charge in [-0.05, 0) is 51.8 Å². The molecule has 0 amide bonds. The zero-order valence-electron chi connectivity index (χ0n) is 10.5. The molecule has 0 heterocycles. The van der Waals surface area contributed by atoms with E-state index in [1.165, 1.54) is 24.3 Å². The van der Waals surface area contributed by atoms with Gasteiger partial charge in [0.25, 0.3) is 0 Å². The van der Waals surface area contributed by atoms with Crippen molar-refractivity contribution in [2.75, 3.05) is 0 Å². The van der Waals surface area contributed by atoms with E-state index in [4.69, 9.17) is 21.4 Å². The number of aliphatic carboxylic acids is 1. The van der Waals surface area contributed by atoms with E-state index in [9.17, 15) is 9.18 Å². The predicted molar refractivity (Wildman–Crippen MR) is 82.3 cm³/mol. The third-order valence-electron chi connectivity index (χ3n) is 2.49. The summed E-state index contributed by atoms with van der Waals surface area (Å²) in [5, 5.41) is 8.55. The highest BCUT2D eigenvalue weighted by Gasteiger charge is 2.06. The molecule has 2 aromatic carbocycles. The lowest BCUT2D eigenvalue weighted by molar-refractivity contribution is -0.131. The van der Waals surface area contributed by atoms with E-state index in [1.807, 2.05) is 0 Å². The Kier molecular flexibility index (Phi) is 4.98. The summed E-state index contributed by atoms with van der Waals surface area (Å²) < 4.78 is 19.3. The number of hydrogen-bond acceptors (Lipinski definition) is 2. The van der Waals surface area contributed by atoms with Crippen LogP contribution in [0.2, 0.25) is 5.02 Å². The van der Waals surface area contributed by atoms with Gasteiger partial charge in [0.15, 0.2) is 0 Å². The number of halogens is 3. The average Bonchev–Trinajstić information content (AvgIpc) is 2.43. The third kappa shape index (κ3) is 4.31. The summed E-state index contributed by atoms with van der Waals surface area (Å²) in [5.74, 6) is -0.634. The topological polar surface area (TPSA) is 46.5 Å². The van der Waals surface area contributed by atoms with E-state index in [-0.39, 0.29) is 5.02 Å². The van der Waals surface area contributed by atoms with Crippen molar-refractivity contribution in [1.29, 1.82) is 0 Å². The van der Waals surface area contributed by atoms with E-state index in [1.54, 1.807) is 18.2 Å². The zero-order valence-corrected chi connectivity index (χ0v) is 12.9. The Labute approximate surface area is 133 Å². The van der Waals surface area contributed by atoms with Crippen LogP contribution in [-0.4, -0.2) is 11.1 Å². The Bertz CT molecular complexity index is 716. The van der Waals surface area contributed by atoms with Gasteiger partial charge in [-0.25, -0.2) is 9.18 Å². The van der Waals surface area contributed by atoms with Crippen molar-refractivity contribution in [3.8, 4) is 11.5 Å². The molecule has 108 valence electrons. The van der Waals surface area contributed by atoms with Crippen molar-refractivity contribution in [3.63, 3.8) is 0 Å². The smallest absolute Gasteiger partial charge is 0.328 e.